The van der Waals surface area contributed by atoms with Gasteiger partial charge in [0.1, 0.15) is 5.75 Å². The molecule has 2 aromatic carbocycles. The first-order valence-electron chi connectivity index (χ1n) is 9.39. The Balaban J connectivity index is 1.57. The minimum absolute atomic E-state index is 0.00475. The molecule has 2 aromatic heterocycles. The third-order valence-electron chi connectivity index (χ3n) is 4.32. The number of benzene rings is 2. The van der Waals surface area contributed by atoms with E-state index >= 15 is 0 Å². The van der Waals surface area contributed by atoms with Crippen molar-refractivity contribution < 1.29 is 26.8 Å². The number of nitrogens with one attached hydrogen (secondary N) is 1. The first-order chi connectivity index (χ1) is 15.5. The van der Waals surface area contributed by atoms with Crippen molar-refractivity contribution in [1.82, 2.24) is 4.98 Å². The number of carbonyl (C=O) groups excluding carboxylic acids is 1. The molecule has 0 aliphatic heterocycles. The largest absolute Gasteiger partial charge is 0.497 e. The molecule has 8 nitrogen and oxygen atoms in total. The van der Waals surface area contributed by atoms with E-state index in [4.69, 9.17) is 13.6 Å². The molecular weight excluding hydrogens is 452 g/mol. The smallest absolute Gasteiger partial charge is 0.265 e. The number of hydrogen-bond donors (Lipinski definition) is 1. The molecule has 0 saturated carbocycles. The van der Waals surface area contributed by atoms with Gasteiger partial charge in [0.25, 0.3) is 5.89 Å². The number of rotatable bonds is 8. The first-order valence-corrected chi connectivity index (χ1v) is 11.9. The second-order valence-corrected chi connectivity index (χ2v) is 9.28. The molecule has 0 aliphatic rings. The van der Waals surface area contributed by atoms with E-state index < -0.39 is 9.84 Å². The number of amides is 1. The first kappa shape index (κ1) is 21.7. The predicted molar refractivity (Wildman–Crippen MR) is 118 cm³/mol. The average molecular weight is 471 g/mol. The van der Waals surface area contributed by atoms with Gasteiger partial charge in [-0.3, -0.25) is 4.79 Å². The summed E-state index contributed by atoms with van der Waals surface area (Å²) in [5, 5.41) is 2.48. The highest BCUT2D eigenvalue weighted by Crippen LogP contribution is 2.35. The standard InChI is InChI=1S/C22H18N2O6S2/c1-28-16-11-9-15(10-12-16)23-19(25)14-31-22-21(24-20(30-22)18-8-5-13-29-18)32(26,27)17-6-3-2-4-7-17/h2-13H,14H2,1H3,(H,23,25). The van der Waals surface area contributed by atoms with Gasteiger partial charge < -0.3 is 18.9 Å². The van der Waals surface area contributed by atoms with Gasteiger partial charge in [-0.15, -0.1) is 0 Å². The molecule has 0 spiro atoms. The van der Waals surface area contributed by atoms with E-state index in [2.05, 4.69) is 10.3 Å². The third-order valence-corrected chi connectivity index (χ3v) is 7.07. The quantitative estimate of drug-likeness (QED) is 0.375. The summed E-state index contributed by atoms with van der Waals surface area (Å²) in [6.07, 6.45) is 1.43. The number of aromatic nitrogens is 1. The van der Waals surface area contributed by atoms with Gasteiger partial charge in [-0.2, -0.15) is 4.98 Å². The third kappa shape index (κ3) is 4.71. The van der Waals surface area contributed by atoms with Gasteiger partial charge in [0.2, 0.25) is 25.9 Å². The number of anilines is 1. The SMILES string of the molecule is COc1ccc(NC(=O)CSc2oc(-c3ccco3)nc2S(=O)(=O)c2ccccc2)cc1. The van der Waals surface area contributed by atoms with Crippen LogP contribution in [0.2, 0.25) is 0 Å². The fraction of sp³-hybridized carbons (Fsp3) is 0.0909. The molecule has 2 heterocycles. The van der Waals surface area contributed by atoms with Crippen LogP contribution in [0.25, 0.3) is 11.7 Å². The molecule has 164 valence electrons. The Bertz CT molecular complexity index is 1300. The lowest BCUT2D eigenvalue weighted by molar-refractivity contribution is -0.113. The molecule has 0 unspecified atom stereocenters. The number of nitrogens with zero attached hydrogens (tertiary/aromatic N) is 1. The minimum atomic E-state index is -3.97. The van der Waals surface area contributed by atoms with Crippen LogP contribution in [0.1, 0.15) is 0 Å². The summed E-state index contributed by atoms with van der Waals surface area (Å²) < 4.78 is 42.4. The van der Waals surface area contributed by atoms with E-state index in [1.165, 1.54) is 18.4 Å². The zero-order valence-corrected chi connectivity index (χ0v) is 18.5. The second-order valence-electron chi connectivity index (χ2n) is 6.47. The van der Waals surface area contributed by atoms with Crippen molar-refractivity contribution in [2.45, 2.75) is 15.0 Å². The van der Waals surface area contributed by atoms with Gasteiger partial charge >= 0.3 is 0 Å². The Morgan fingerprint density at radius 2 is 1.81 bits per heavy atom. The van der Waals surface area contributed by atoms with Crippen molar-refractivity contribution in [3.63, 3.8) is 0 Å². The van der Waals surface area contributed by atoms with Crippen molar-refractivity contribution in [2.24, 2.45) is 0 Å². The Labute approximate surface area is 188 Å². The highest BCUT2D eigenvalue weighted by molar-refractivity contribution is 8.00. The van der Waals surface area contributed by atoms with Crippen LogP contribution in [-0.4, -0.2) is 32.2 Å². The molecule has 1 N–H and O–H groups in total. The second kappa shape index (κ2) is 9.33. The lowest BCUT2D eigenvalue weighted by Crippen LogP contribution is -2.14. The van der Waals surface area contributed by atoms with Crippen LogP contribution in [0.15, 0.2) is 96.8 Å². The lowest BCUT2D eigenvalue weighted by Gasteiger charge is -2.06. The Morgan fingerprint density at radius 3 is 2.47 bits per heavy atom. The molecule has 0 bridgehead atoms. The van der Waals surface area contributed by atoms with Crippen LogP contribution >= 0.6 is 11.8 Å². The number of carbonyl (C=O) groups is 1. The summed E-state index contributed by atoms with van der Waals surface area (Å²) in [6.45, 7) is 0. The van der Waals surface area contributed by atoms with Crippen LogP contribution in [0.4, 0.5) is 5.69 Å². The van der Waals surface area contributed by atoms with E-state index in [0.29, 0.717) is 11.4 Å². The number of ether oxygens (including phenoxy) is 1. The zero-order valence-electron chi connectivity index (χ0n) is 16.8. The molecule has 0 aliphatic carbocycles. The number of furan rings is 1. The molecule has 32 heavy (non-hydrogen) atoms. The van der Waals surface area contributed by atoms with E-state index in [0.717, 1.165) is 11.8 Å². The highest BCUT2D eigenvalue weighted by atomic mass is 32.2. The summed E-state index contributed by atoms with van der Waals surface area (Å²) in [6, 6.07) is 18.0. The summed E-state index contributed by atoms with van der Waals surface area (Å²) >= 11 is 0.935. The van der Waals surface area contributed by atoms with Gasteiger partial charge in [-0.25, -0.2) is 8.42 Å². The van der Waals surface area contributed by atoms with Crippen LogP contribution in [0.5, 0.6) is 5.75 Å². The molecule has 4 aromatic rings. The minimum Gasteiger partial charge on any atom is -0.497 e. The number of hydrogen-bond acceptors (Lipinski definition) is 8. The van der Waals surface area contributed by atoms with Gasteiger partial charge in [0.05, 0.1) is 24.0 Å². The highest BCUT2D eigenvalue weighted by Gasteiger charge is 2.29. The Morgan fingerprint density at radius 1 is 1.06 bits per heavy atom. The molecule has 0 radical (unpaired) electrons. The van der Waals surface area contributed by atoms with Crippen molar-refractivity contribution in [2.75, 3.05) is 18.2 Å². The maximum absolute atomic E-state index is 13.2. The van der Waals surface area contributed by atoms with Crippen LogP contribution in [0.3, 0.4) is 0 Å². The van der Waals surface area contributed by atoms with Crippen molar-refractivity contribution in [3.8, 4) is 17.4 Å². The van der Waals surface area contributed by atoms with Gasteiger partial charge in [-0.1, -0.05) is 30.0 Å². The molecule has 0 fully saturated rings. The van der Waals surface area contributed by atoms with Crippen molar-refractivity contribution >= 4 is 33.2 Å². The van der Waals surface area contributed by atoms with Crippen LogP contribution < -0.4 is 10.1 Å². The number of oxazole rings is 1. The molecule has 4 rings (SSSR count). The Kier molecular flexibility index (Phi) is 6.33. The topological polar surface area (TPSA) is 112 Å². The van der Waals surface area contributed by atoms with Gasteiger partial charge in [-0.05, 0) is 48.5 Å². The van der Waals surface area contributed by atoms with E-state index in [1.807, 2.05) is 0 Å². The fourth-order valence-corrected chi connectivity index (χ4v) is 5.12. The van der Waals surface area contributed by atoms with Crippen molar-refractivity contribution in [3.05, 3.63) is 73.0 Å². The predicted octanol–water partition coefficient (Wildman–Crippen LogP) is 4.51. The Hall–Kier alpha value is -3.50. The summed E-state index contributed by atoms with van der Waals surface area (Å²) in [7, 11) is -2.41. The number of sulfone groups is 1. The van der Waals surface area contributed by atoms with E-state index in [-0.39, 0.29) is 38.3 Å². The normalized spacial score (nSPS) is 11.3. The molecule has 10 heteroatoms. The maximum Gasteiger partial charge on any atom is 0.265 e. The number of methoxy groups -OCH3 is 1. The maximum atomic E-state index is 13.2. The molecule has 0 saturated heterocycles. The number of thioether (sulfide) groups is 1. The lowest BCUT2D eigenvalue weighted by atomic mass is 10.3. The van der Waals surface area contributed by atoms with Crippen molar-refractivity contribution in [1.29, 1.82) is 0 Å². The van der Waals surface area contributed by atoms with E-state index in [1.54, 1.807) is 61.7 Å². The van der Waals surface area contributed by atoms with Gasteiger partial charge in [0, 0.05) is 5.69 Å². The van der Waals surface area contributed by atoms with E-state index in [9.17, 15) is 13.2 Å². The van der Waals surface area contributed by atoms with Gasteiger partial charge in [0.15, 0.2) is 5.76 Å². The molecule has 1 amide bonds. The molecular formula is C22H18N2O6S2. The molecule has 0 atom stereocenters. The summed E-state index contributed by atoms with van der Waals surface area (Å²) in [5.74, 6) is 0.543. The van der Waals surface area contributed by atoms with Crippen LogP contribution in [0, 0.1) is 0 Å². The summed E-state index contributed by atoms with van der Waals surface area (Å²) in [5.41, 5.74) is 0.586. The monoisotopic (exact) mass is 470 g/mol. The fourth-order valence-electron chi connectivity index (χ4n) is 2.77. The summed E-state index contributed by atoms with van der Waals surface area (Å²) in [4.78, 5) is 16.7. The average Bonchev–Trinajstić information content (AvgIpc) is 3.49. The van der Waals surface area contributed by atoms with Crippen LogP contribution in [-0.2, 0) is 14.6 Å². The zero-order chi connectivity index (χ0) is 22.6.